The molecular weight excluding hydrogens is 252 g/mol. The van der Waals surface area contributed by atoms with Crippen molar-refractivity contribution in [1.82, 2.24) is 4.98 Å². The van der Waals surface area contributed by atoms with E-state index in [2.05, 4.69) is 22.1 Å². The standard InChI is InChI=1S/C12H16N2O3S/c1-9(8-17-2)6-11(16)14-12-13-7-10(18-12)4-3-5-15/h7,9,15H,5-6,8H2,1-2H3,(H,13,14,16). The molecule has 6 heteroatoms. The van der Waals surface area contributed by atoms with Crippen molar-refractivity contribution in [2.24, 2.45) is 5.92 Å². The van der Waals surface area contributed by atoms with Crippen LogP contribution in [-0.2, 0) is 9.53 Å². The Morgan fingerprint density at radius 2 is 2.50 bits per heavy atom. The van der Waals surface area contributed by atoms with E-state index in [9.17, 15) is 4.79 Å². The van der Waals surface area contributed by atoms with Crippen molar-refractivity contribution >= 4 is 22.4 Å². The fraction of sp³-hybridized carbons (Fsp3) is 0.500. The molecule has 1 heterocycles. The Morgan fingerprint density at radius 3 is 3.17 bits per heavy atom. The smallest absolute Gasteiger partial charge is 0.226 e. The second kappa shape index (κ2) is 7.82. The summed E-state index contributed by atoms with van der Waals surface area (Å²) in [6.07, 6.45) is 1.96. The number of nitrogens with zero attached hydrogens (tertiary/aromatic N) is 1. The lowest BCUT2D eigenvalue weighted by Gasteiger charge is -2.08. The number of amides is 1. The maximum absolute atomic E-state index is 11.6. The van der Waals surface area contributed by atoms with E-state index in [1.54, 1.807) is 13.3 Å². The number of ether oxygens (including phenoxy) is 1. The Bertz CT molecular complexity index is 448. The van der Waals surface area contributed by atoms with Gasteiger partial charge in [0.2, 0.25) is 5.91 Å². The van der Waals surface area contributed by atoms with E-state index in [0.29, 0.717) is 23.0 Å². The van der Waals surface area contributed by atoms with E-state index in [4.69, 9.17) is 9.84 Å². The van der Waals surface area contributed by atoms with Crippen LogP contribution in [0, 0.1) is 17.8 Å². The Kier molecular flexibility index (Phi) is 6.36. The van der Waals surface area contributed by atoms with E-state index in [0.717, 1.165) is 0 Å². The van der Waals surface area contributed by atoms with Gasteiger partial charge < -0.3 is 15.2 Å². The number of aliphatic hydroxyl groups excluding tert-OH is 1. The number of thiazole rings is 1. The SMILES string of the molecule is COCC(C)CC(=O)Nc1ncc(C#CCO)s1. The van der Waals surface area contributed by atoms with Gasteiger partial charge in [-0.05, 0) is 5.92 Å². The number of carbonyl (C=O) groups excluding carboxylic acids is 1. The number of aromatic nitrogens is 1. The molecule has 0 bridgehead atoms. The molecular formula is C12H16N2O3S. The summed E-state index contributed by atoms with van der Waals surface area (Å²) in [5, 5.41) is 11.8. The van der Waals surface area contributed by atoms with Gasteiger partial charge >= 0.3 is 0 Å². The molecule has 0 aliphatic carbocycles. The van der Waals surface area contributed by atoms with E-state index in [1.807, 2.05) is 6.92 Å². The topological polar surface area (TPSA) is 71.5 Å². The first-order valence-corrected chi connectivity index (χ1v) is 6.31. The van der Waals surface area contributed by atoms with Gasteiger partial charge in [0.15, 0.2) is 5.13 Å². The molecule has 1 atom stereocenters. The molecule has 0 saturated heterocycles. The molecule has 0 fully saturated rings. The second-order valence-corrected chi connectivity index (χ2v) is 4.83. The van der Waals surface area contributed by atoms with Crippen LogP contribution in [0.1, 0.15) is 18.2 Å². The lowest BCUT2D eigenvalue weighted by atomic mass is 10.1. The molecule has 1 amide bonds. The van der Waals surface area contributed by atoms with Gasteiger partial charge in [0, 0.05) is 20.1 Å². The summed E-state index contributed by atoms with van der Waals surface area (Å²) in [6, 6.07) is 0. The van der Waals surface area contributed by atoms with E-state index in [1.165, 1.54) is 11.3 Å². The highest BCUT2D eigenvalue weighted by molar-refractivity contribution is 7.16. The van der Waals surface area contributed by atoms with Crippen LogP contribution in [0.3, 0.4) is 0 Å². The number of hydrogen-bond donors (Lipinski definition) is 2. The second-order valence-electron chi connectivity index (χ2n) is 3.80. The van der Waals surface area contributed by atoms with Crippen LogP contribution < -0.4 is 5.32 Å². The first kappa shape index (κ1) is 14.6. The number of aliphatic hydroxyl groups is 1. The monoisotopic (exact) mass is 268 g/mol. The van der Waals surface area contributed by atoms with Gasteiger partial charge in [-0.15, -0.1) is 0 Å². The Hall–Kier alpha value is -1.42. The third-order valence-corrected chi connectivity index (χ3v) is 2.86. The molecule has 0 aromatic carbocycles. The quantitative estimate of drug-likeness (QED) is 0.784. The Balaban J connectivity index is 2.47. The van der Waals surface area contributed by atoms with Crippen LogP contribution in [0.5, 0.6) is 0 Å². The van der Waals surface area contributed by atoms with Gasteiger partial charge in [0.25, 0.3) is 0 Å². The first-order chi connectivity index (χ1) is 8.65. The molecule has 0 radical (unpaired) electrons. The van der Waals surface area contributed by atoms with Gasteiger partial charge in [-0.3, -0.25) is 4.79 Å². The molecule has 2 N–H and O–H groups in total. The van der Waals surface area contributed by atoms with Crippen molar-refractivity contribution in [1.29, 1.82) is 0 Å². The summed E-state index contributed by atoms with van der Waals surface area (Å²) in [7, 11) is 1.61. The molecule has 5 nitrogen and oxygen atoms in total. The minimum absolute atomic E-state index is 0.0874. The molecule has 18 heavy (non-hydrogen) atoms. The summed E-state index contributed by atoms with van der Waals surface area (Å²) in [5.74, 6) is 5.34. The summed E-state index contributed by atoms with van der Waals surface area (Å²) in [5.41, 5.74) is 0. The van der Waals surface area contributed by atoms with Gasteiger partial charge in [-0.1, -0.05) is 30.1 Å². The summed E-state index contributed by atoms with van der Waals surface area (Å²) in [6.45, 7) is 2.32. The predicted octanol–water partition coefficient (Wildman–Crippen LogP) is 1.10. The summed E-state index contributed by atoms with van der Waals surface area (Å²) < 4.78 is 4.97. The summed E-state index contributed by atoms with van der Waals surface area (Å²) >= 11 is 1.28. The average Bonchev–Trinajstić information content (AvgIpc) is 2.74. The lowest BCUT2D eigenvalue weighted by molar-refractivity contribution is -0.117. The largest absolute Gasteiger partial charge is 0.384 e. The van der Waals surface area contributed by atoms with Gasteiger partial charge in [0.05, 0.1) is 11.1 Å². The Labute approximate surface area is 110 Å². The van der Waals surface area contributed by atoms with Crippen LogP contribution in [-0.4, -0.2) is 36.3 Å². The number of carbonyl (C=O) groups is 1. The molecule has 0 spiro atoms. The molecule has 0 aliphatic rings. The van der Waals surface area contributed by atoms with Crippen molar-refractivity contribution < 1.29 is 14.6 Å². The van der Waals surface area contributed by atoms with Crippen molar-refractivity contribution in [3.05, 3.63) is 11.1 Å². The van der Waals surface area contributed by atoms with E-state index in [-0.39, 0.29) is 18.4 Å². The van der Waals surface area contributed by atoms with Gasteiger partial charge in [-0.25, -0.2) is 4.98 Å². The first-order valence-electron chi connectivity index (χ1n) is 5.50. The van der Waals surface area contributed by atoms with Crippen LogP contribution in [0.25, 0.3) is 0 Å². The maximum atomic E-state index is 11.6. The van der Waals surface area contributed by atoms with Crippen molar-refractivity contribution in [2.75, 3.05) is 25.6 Å². The number of methoxy groups -OCH3 is 1. The fourth-order valence-electron chi connectivity index (χ4n) is 1.35. The van der Waals surface area contributed by atoms with Crippen molar-refractivity contribution in [3.8, 4) is 11.8 Å². The van der Waals surface area contributed by atoms with Crippen molar-refractivity contribution in [3.63, 3.8) is 0 Å². The van der Waals surface area contributed by atoms with Crippen LogP contribution in [0.15, 0.2) is 6.20 Å². The van der Waals surface area contributed by atoms with Crippen LogP contribution in [0.2, 0.25) is 0 Å². The highest BCUT2D eigenvalue weighted by Crippen LogP contribution is 2.17. The number of nitrogens with one attached hydrogen (secondary N) is 1. The lowest BCUT2D eigenvalue weighted by Crippen LogP contribution is -2.17. The molecule has 0 aliphatic heterocycles. The Morgan fingerprint density at radius 1 is 1.72 bits per heavy atom. The number of anilines is 1. The highest BCUT2D eigenvalue weighted by Gasteiger charge is 2.10. The molecule has 1 aromatic heterocycles. The van der Waals surface area contributed by atoms with Gasteiger partial charge in [-0.2, -0.15) is 0 Å². The average molecular weight is 268 g/mol. The number of rotatable bonds is 5. The van der Waals surface area contributed by atoms with E-state index >= 15 is 0 Å². The fourth-order valence-corrected chi connectivity index (χ4v) is 2.05. The minimum Gasteiger partial charge on any atom is -0.384 e. The highest BCUT2D eigenvalue weighted by atomic mass is 32.1. The number of hydrogen-bond acceptors (Lipinski definition) is 5. The third kappa shape index (κ3) is 5.27. The normalized spacial score (nSPS) is 11.5. The third-order valence-electron chi connectivity index (χ3n) is 2.03. The predicted molar refractivity (Wildman–Crippen MR) is 70.4 cm³/mol. The molecule has 98 valence electrons. The van der Waals surface area contributed by atoms with Gasteiger partial charge in [0.1, 0.15) is 6.61 Å². The van der Waals surface area contributed by atoms with E-state index < -0.39 is 0 Å². The molecule has 1 aromatic rings. The zero-order valence-electron chi connectivity index (χ0n) is 10.4. The van der Waals surface area contributed by atoms with Crippen LogP contribution >= 0.6 is 11.3 Å². The maximum Gasteiger partial charge on any atom is 0.226 e. The van der Waals surface area contributed by atoms with Crippen LogP contribution in [0.4, 0.5) is 5.13 Å². The molecule has 0 saturated carbocycles. The molecule has 1 unspecified atom stereocenters. The minimum atomic E-state index is -0.186. The zero-order valence-corrected chi connectivity index (χ0v) is 11.2. The zero-order chi connectivity index (χ0) is 13.4. The van der Waals surface area contributed by atoms with Crippen molar-refractivity contribution in [2.45, 2.75) is 13.3 Å². The summed E-state index contributed by atoms with van der Waals surface area (Å²) in [4.78, 5) is 16.4. The molecule has 1 rings (SSSR count).